The first-order chi connectivity index (χ1) is 10.5. The summed E-state index contributed by atoms with van der Waals surface area (Å²) in [7, 11) is -3.69. The lowest BCUT2D eigenvalue weighted by molar-refractivity contribution is 0.0284. The number of benzene rings is 1. The summed E-state index contributed by atoms with van der Waals surface area (Å²) < 4.78 is 34.6. The Morgan fingerprint density at radius 2 is 1.86 bits per heavy atom. The van der Waals surface area contributed by atoms with Gasteiger partial charge in [-0.05, 0) is 45.2 Å². The lowest BCUT2D eigenvalue weighted by Crippen LogP contribution is -2.17. The maximum absolute atomic E-state index is 12.0. The Labute approximate surface area is 134 Å². The molecule has 0 saturated heterocycles. The molecule has 4 nitrogen and oxygen atoms in total. The van der Waals surface area contributed by atoms with Crippen LogP contribution in [0.25, 0.3) is 0 Å². The summed E-state index contributed by atoms with van der Waals surface area (Å²) in [5, 5.41) is 0. The van der Waals surface area contributed by atoms with Crippen LogP contribution < -0.4 is 0 Å². The maximum Gasteiger partial charge on any atom is 0.297 e. The van der Waals surface area contributed by atoms with E-state index < -0.39 is 10.1 Å². The summed E-state index contributed by atoms with van der Waals surface area (Å²) in [6.45, 7) is 6.27. The van der Waals surface area contributed by atoms with Crippen molar-refractivity contribution in [3.63, 3.8) is 0 Å². The number of rotatable bonds is 10. The second kappa shape index (κ2) is 9.77. The minimum atomic E-state index is -3.69. The first-order valence-corrected chi connectivity index (χ1v) is 9.09. The standard InChI is InChI=1S/C17H26O4S/c1-4-6-7-8-16(5-2)20-13-14-21-22(18,19)17-11-9-15(3)10-12-17/h4,6,9-12,16H,5,7-8,13-14H2,1-3H3/b6-4+/t16-/m1/s1. The van der Waals surface area contributed by atoms with Gasteiger partial charge in [0.2, 0.25) is 0 Å². The van der Waals surface area contributed by atoms with Crippen LogP contribution in [0.15, 0.2) is 41.3 Å². The first kappa shape index (κ1) is 18.9. The Balaban J connectivity index is 2.37. The summed E-state index contributed by atoms with van der Waals surface area (Å²) >= 11 is 0. The molecule has 0 radical (unpaired) electrons. The summed E-state index contributed by atoms with van der Waals surface area (Å²) in [4.78, 5) is 0.179. The fourth-order valence-electron chi connectivity index (χ4n) is 1.99. The van der Waals surface area contributed by atoms with Gasteiger partial charge in [0.05, 0.1) is 24.2 Å². The largest absolute Gasteiger partial charge is 0.376 e. The average molecular weight is 326 g/mol. The molecule has 0 aliphatic carbocycles. The van der Waals surface area contributed by atoms with Gasteiger partial charge in [0.25, 0.3) is 10.1 Å². The second-order valence-electron chi connectivity index (χ2n) is 5.14. The van der Waals surface area contributed by atoms with Gasteiger partial charge in [-0.1, -0.05) is 36.8 Å². The van der Waals surface area contributed by atoms with Crippen LogP contribution in [0.4, 0.5) is 0 Å². The van der Waals surface area contributed by atoms with Gasteiger partial charge in [-0.3, -0.25) is 4.18 Å². The molecule has 0 fully saturated rings. The summed E-state index contributed by atoms with van der Waals surface area (Å²) in [5.41, 5.74) is 1.01. The topological polar surface area (TPSA) is 52.6 Å². The van der Waals surface area contributed by atoms with E-state index in [4.69, 9.17) is 8.92 Å². The minimum absolute atomic E-state index is 0.0380. The third kappa shape index (κ3) is 6.73. The average Bonchev–Trinajstić information content (AvgIpc) is 2.50. The van der Waals surface area contributed by atoms with E-state index in [1.54, 1.807) is 24.3 Å². The molecule has 1 atom stereocenters. The smallest absolute Gasteiger partial charge is 0.297 e. The molecule has 22 heavy (non-hydrogen) atoms. The SMILES string of the molecule is C/C=C/CC[C@@H](CC)OCCOS(=O)(=O)c1ccc(C)cc1. The van der Waals surface area contributed by atoms with E-state index in [2.05, 4.69) is 13.0 Å². The molecule has 1 aromatic rings. The summed E-state index contributed by atoms with van der Waals surface area (Å²) in [6.07, 6.45) is 7.07. The van der Waals surface area contributed by atoms with Crippen LogP contribution >= 0.6 is 0 Å². The van der Waals surface area contributed by atoms with E-state index in [1.807, 2.05) is 19.9 Å². The number of hydrogen-bond acceptors (Lipinski definition) is 4. The Hall–Kier alpha value is -1.17. The zero-order valence-corrected chi connectivity index (χ0v) is 14.4. The lowest BCUT2D eigenvalue weighted by atomic mass is 10.1. The van der Waals surface area contributed by atoms with Crippen molar-refractivity contribution < 1.29 is 17.3 Å². The van der Waals surface area contributed by atoms with E-state index in [0.717, 1.165) is 24.8 Å². The quantitative estimate of drug-likeness (QED) is 0.372. The number of ether oxygens (including phenoxy) is 1. The van der Waals surface area contributed by atoms with Gasteiger partial charge < -0.3 is 4.74 Å². The monoisotopic (exact) mass is 326 g/mol. The van der Waals surface area contributed by atoms with Gasteiger partial charge in [0, 0.05) is 0 Å². The molecule has 0 unspecified atom stereocenters. The molecule has 0 amide bonds. The Morgan fingerprint density at radius 1 is 1.18 bits per heavy atom. The number of allylic oxidation sites excluding steroid dienone is 2. The van der Waals surface area contributed by atoms with Crippen LogP contribution in [0.2, 0.25) is 0 Å². The van der Waals surface area contributed by atoms with E-state index in [0.29, 0.717) is 0 Å². The third-order valence-corrected chi connectivity index (χ3v) is 4.66. The van der Waals surface area contributed by atoms with Crippen LogP contribution in [0.1, 0.15) is 38.7 Å². The van der Waals surface area contributed by atoms with Crippen LogP contribution in [0.5, 0.6) is 0 Å². The normalized spacial score (nSPS) is 13.6. The van der Waals surface area contributed by atoms with Gasteiger partial charge in [-0.2, -0.15) is 8.42 Å². The minimum Gasteiger partial charge on any atom is -0.376 e. The third-order valence-electron chi connectivity index (χ3n) is 3.33. The molecule has 1 rings (SSSR count). The van der Waals surface area contributed by atoms with Gasteiger partial charge in [-0.15, -0.1) is 0 Å². The van der Waals surface area contributed by atoms with E-state index >= 15 is 0 Å². The predicted molar refractivity (Wildman–Crippen MR) is 88.4 cm³/mol. The molecule has 1 aromatic carbocycles. The second-order valence-corrected chi connectivity index (χ2v) is 6.75. The fourth-order valence-corrected chi connectivity index (χ4v) is 2.88. The molecule has 0 heterocycles. The lowest BCUT2D eigenvalue weighted by Gasteiger charge is -2.15. The van der Waals surface area contributed by atoms with Crippen molar-refractivity contribution in [3.8, 4) is 0 Å². The molecular formula is C17H26O4S. The molecule has 0 spiro atoms. The molecule has 0 bridgehead atoms. The van der Waals surface area contributed by atoms with Crippen molar-refractivity contribution in [1.82, 2.24) is 0 Å². The Kier molecular flexibility index (Phi) is 8.38. The Morgan fingerprint density at radius 3 is 2.45 bits per heavy atom. The van der Waals surface area contributed by atoms with E-state index in [1.165, 1.54) is 0 Å². The molecule has 0 N–H and O–H groups in total. The van der Waals surface area contributed by atoms with Crippen molar-refractivity contribution in [1.29, 1.82) is 0 Å². The highest BCUT2D eigenvalue weighted by Gasteiger charge is 2.15. The van der Waals surface area contributed by atoms with Crippen molar-refractivity contribution >= 4 is 10.1 Å². The van der Waals surface area contributed by atoms with E-state index in [9.17, 15) is 8.42 Å². The molecule has 124 valence electrons. The van der Waals surface area contributed by atoms with Gasteiger partial charge in [0.15, 0.2) is 0 Å². The molecule has 0 aliphatic heterocycles. The predicted octanol–water partition coefficient (Wildman–Crippen LogP) is 3.85. The summed E-state index contributed by atoms with van der Waals surface area (Å²) in [6, 6.07) is 6.61. The molecular weight excluding hydrogens is 300 g/mol. The van der Waals surface area contributed by atoms with Gasteiger partial charge >= 0.3 is 0 Å². The van der Waals surface area contributed by atoms with Crippen LogP contribution in [-0.2, 0) is 19.0 Å². The van der Waals surface area contributed by atoms with Crippen molar-refractivity contribution in [2.24, 2.45) is 0 Å². The van der Waals surface area contributed by atoms with Gasteiger partial charge in [0.1, 0.15) is 0 Å². The zero-order chi connectivity index (χ0) is 16.4. The van der Waals surface area contributed by atoms with Crippen molar-refractivity contribution in [3.05, 3.63) is 42.0 Å². The van der Waals surface area contributed by atoms with Crippen LogP contribution in [0, 0.1) is 6.92 Å². The van der Waals surface area contributed by atoms with Crippen molar-refractivity contribution in [2.45, 2.75) is 51.0 Å². The highest BCUT2D eigenvalue weighted by atomic mass is 32.2. The van der Waals surface area contributed by atoms with Crippen molar-refractivity contribution in [2.75, 3.05) is 13.2 Å². The zero-order valence-electron chi connectivity index (χ0n) is 13.6. The first-order valence-electron chi connectivity index (χ1n) is 7.68. The molecule has 0 aliphatic rings. The Bertz CT molecular complexity index is 547. The van der Waals surface area contributed by atoms with Gasteiger partial charge in [-0.25, -0.2) is 0 Å². The molecule has 0 saturated carbocycles. The highest BCUT2D eigenvalue weighted by molar-refractivity contribution is 7.86. The number of aryl methyl sites for hydroxylation is 1. The molecule has 0 aromatic heterocycles. The summed E-state index contributed by atoms with van der Waals surface area (Å²) in [5.74, 6) is 0. The van der Waals surface area contributed by atoms with E-state index in [-0.39, 0.29) is 24.2 Å². The number of hydrogen-bond donors (Lipinski definition) is 0. The van der Waals surface area contributed by atoms with Crippen LogP contribution in [0.3, 0.4) is 0 Å². The van der Waals surface area contributed by atoms with Crippen LogP contribution in [-0.4, -0.2) is 27.7 Å². The fraction of sp³-hybridized carbons (Fsp3) is 0.529. The maximum atomic E-state index is 12.0. The molecule has 5 heteroatoms. The highest BCUT2D eigenvalue weighted by Crippen LogP contribution is 2.13.